The highest BCUT2D eigenvalue weighted by atomic mass is 16.4. The van der Waals surface area contributed by atoms with Crippen LogP contribution in [0.25, 0.3) is 0 Å². The first-order chi connectivity index (χ1) is 13.7. The van der Waals surface area contributed by atoms with Crippen molar-refractivity contribution < 1.29 is 14.7 Å². The largest absolute Gasteiger partial charge is 0.481 e. The summed E-state index contributed by atoms with van der Waals surface area (Å²) < 4.78 is 1.76. The SMILES string of the molecule is CCc1cc(C(=O)NC2(CC(=O)O)CCCCC2)c(=O)n(CCC(C)C)c1CC. The van der Waals surface area contributed by atoms with Crippen LogP contribution in [-0.2, 0) is 24.2 Å². The van der Waals surface area contributed by atoms with Crippen molar-refractivity contribution in [3.8, 4) is 0 Å². The maximum Gasteiger partial charge on any atom is 0.305 e. The minimum Gasteiger partial charge on any atom is -0.481 e. The second-order valence-electron chi connectivity index (χ2n) is 8.74. The van der Waals surface area contributed by atoms with Crippen molar-refractivity contribution in [2.75, 3.05) is 0 Å². The van der Waals surface area contributed by atoms with Crippen LogP contribution in [0, 0.1) is 5.92 Å². The average Bonchev–Trinajstić information content (AvgIpc) is 2.66. The highest BCUT2D eigenvalue weighted by Gasteiger charge is 2.36. The normalized spacial score (nSPS) is 16.0. The fourth-order valence-corrected chi connectivity index (χ4v) is 4.44. The van der Waals surface area contributed by atoms with Gasteiger partial charge in [-0.2, -0.15) is 0 Å². The lowest BCUT2D eigenvalue weighted by Crippen LogP contribution is -2.52. The summed E-state index contributed by atoms with van der Waals surface area (Å²) in [5, 5.41) is 12.3. The molecule has 0 atom stereocenters. The summed E-state index contributed by atoms with van der Waals surface area (Å²) in [7, 11) is 0. The molecule has 0 radical (unpaired) electrons. The van der Waals surface area contributed by atoms with Crippen molar-refractivity contribution in [2.24, 2.45) is 5.92 Å². The molecular weight excluding hydrogens is 368 g/mol. The predicted molar refractivity (Wildman–Crippen MR) is 114 cm³/mol. The van der Waals surface area contributed by atoms with Gasteiger partial charge in [-0.1, -0.05) is 47.0 Å². The molecule has 1 fully saturated rings. The number of carboxylic acid groups (broad SMARTS) is 1. The van der Waals surface area contributed by atoms with Gasteiger partial charge in [-0.25, -0.2) is 0 Å². The number of amides is 1. The summed E-state index contributed by atoms with van der Waals surface area (Å²) >= 11 is 0. The van der Waals surface area contributed by atoms with Crippen LogP contribution in [0.5, 0.6) is 0 Å². The van der Waals surface area contributed by atoms with E-state index in [4.69, 9.17) is 0 Å². The lowest BCUT2D eigenvalue weighted by molar-refractivity contribution is -0.139. The first-order valence-electron chi connectivity index (χ1n) is 11.0. The first-order valence-corrected chi connectivity index (χ1v) is 11.0. The summed E-state index contributed by atoms with van der Waals surface area (Å²) in [6, 6.07) is 1.72. The summed E-state index contributed by atoms with van der Waals surface area (Å²) in [5.74, 6) is -0.902. The fourth-order valence-electron chi connectivity index (χ4n) is 4.44. The number of hydrogen-bond donors (Lipinski definition) is 2. The van der Waals surface area contributed by atoms with Crippen LogP contribution >= 0.6 is 0 Å². The van der Waals surface area contributed by atoms with Crippen molar-refractivity contribution >= 4 is 11.9 Å². The first kappa shape index (κ1) is 23.2. The van der Waals surface area contributed by atoms with Crippen LogP contribution in [0.15, 0.2) is 10.9 Å². The number of carboxylic acids is 1. The number of aryl methyl sites for hydroxylation is 1. The maximum atomic E-state index is 13.2. The lowest BCUT2D eigenvalue weighted by Gasteiger charge is -2.37. The molecule has 1 heterocycles. The van der Waals surface area contributed by atoms with E-state index in [2.05, 4.69) is 19.2 Å². The Kier molecular flexibility index (Phi) is 8.05. The number of rotatable bonds is 9. The van der Waals surface area contributed by atoms with E-state index in [1.165, 1.54) is 0 Å². The van der Waals surface area contributed by atoms with Gasteiger partial charge in [0.15, 0.2) is 0 Å². The molecule has 0 aromatic carbocycles. The summed E-state index contributed by atoms with van der Waals surface area (Å²) in [5.41, 5.74) is 1.12. The molecule has 1 aliphatic carbocycles. The average molecular weight is 405 g/mol. The molecule has 0 spiro atoms. The van der Waals surface area contributed by atoms with Crippen LogP contribution in [0.1, 0.15) is 94.3 Å². The molecule has 0 saturated heterocycles. The number of nitrogens with zero attached hydrogens (tertiary/aromatic N) is 1. The Balaban J connectivity index is 2.43. The number of aliphatic carboxylic acids is 1. The number of pyridine rings is 1. The minimum absolute atomic E-state index is 0.103. The molecule has 0 aliphatic heterocycles. The topological polar surface area (TPSA) is 88.4 Å². The van der Waals surface area contributed by atoms with Crippen molar-refractivity contribution in [3.05, 3.63) is 33.2 Å². The van der Waals surface area contributed by atoms with E-state index in [-0.39, 0.29) is 17.5 Å². The van der Waals surface area contributed by atoms with Gasteiger partial charge in [-0.05, 0) is 49.7 Å². The third kappa shape index (κ3) is 5.71. The van der Waals surface area contributed by atoms with Gasteiger partial charge in [-0.15, -0.1) is 0 Å². The van der Waals surface area contributed by atoms with Crippen LogP contribution in [-0.4, -0.2) is 27.1 Å². The van der Waals surface area contributed by atoms with Gasteiger partial charge in [-0.3, -0.25) is 14.4 Å². The van der Waals surface area contributed by atoms with E-state index < -0.39 is 17.4 Å². The standard InChI is InChI=1S/C23H36N2O4/c1-5-17-14-18(22(29)25(19(17)6-2)13-10-16(3)4)21(28)24-23(15-20(26)27)11-8-7-9-12-23/h14,16H,5-13,15H2,1-4H3,(H,24,28)(H,26,27). The van der Waals surface area contributed by atoms with E-state index >= 15 is 0 Å². The Morgan fingerprint density at radius 1 is 1.17 bits per heavy atom. The van der Waals surface area contributed by atoms with E-state index in [0.29, 0.717) is 25.3 Å². The van der Waals surface area contributed by atoms with Crippen LogP contribution in [0.4, 0.5) is 0 Å². The van der Waals surface area contributed by atoms with Gasteiger partial charge >= 0.3 is 5.97 Å². The maximum absolute atomic E-state index is 13.2. The Labute approximate surface area is 173 Å². The molecule has 6 nitrogen and oxygen atoms in total. The molecule has 1 aliphatic rings. The molecule has 2 N–H and O–H groups in total. The van der Waals surface area contributed by atoms with E-state index in [9.17, 15) is 19.5 Å². The zero-order chi connectivity index (χ0) is 21.6. The van der Waals surface area contributed by atoms with Gasteiger partial charge in [0.2, 0.25) is 0 Å². The molecule has 0 bridgehead atoms. The third-order valence-electron chi connectivity index (χ3n) is 6.06. The van der Waals surface area contributed by atoms with Gasteiger partial charge in [0.05, 0.1) is 12.0 Å². The second kappa shape index (κ2) is 10.1. The van der Waals surface area contributed by atoms with Crippen molar-refractivity contribution in [1.82, 2.24) is 9.88 Å². The highest BCUT2D eigenvalue weighted by molar-refractivity contribution is 5.95. The zero-order valence-corrected chi connectivity index (χ0v) is 18.3. The van der Waals surface area contributed by atoms with E-state index in [0.717, 1.165) is 49.8 Å². The highest BCUT2D eigenvalue weighted by Crippen LogP contribution is 2.31. The smallest absolute Gasteiger partial charge is 0.305 e. The fraction of sp³-hybridized carbons (Fsp3) is 0.696. The Hall–Kier alpha value is -2.11. The van der Waals surface area contributed by atoms with Crippen molar-refractivity contribution in [3.63, 3.8) is 0 Å². The van der Waals surface area contributed by atoms with Crippen LogP contribution in [0.2, 0.25) is 0 Å². The molecule has 29 heavy (non-hydrogen) atoms. The van der Waals surface area contributed by atoms with Crippen molar-refractivity contribution in [2.45, 2.75) is 97.6 Å². The van der Waals surface area contributed by atoms with Crippen molar-refractivity contribution in [1.29, 1.82) is 0 Å². The Bertz CT molecular complexity index is 789. The molecule has 1 aromatic heterocycles. The molecule has 162 valence electrons. The Morgan fingerprint density at radius 3 is 2.34 bits per heavy atom. The van der Waals surface area contributed by atoms with Gasteiger partial charge < -0.3 is 15.0 Å². The number of nitrogens with one attached hydrogen (secondary N) is 1. The molecule has 1 saturated carbocycles. The predicted octanol–water partition coefficient (Wildman–Crippen LogP) is 3.93. The third-order valence-corrected chi connectivity index (χ3v) is 6.06. The van der Waals surface area contributed by atoms with Crippen LogP contribution in [0.3, 0.4) is 0 Å². The van der Waals surface area contributed by atoms with E-state index in [1.54, 1.807) is 10.6 Å². The van der Waals surface area contributed by atoms with E-state index in [1.807, 2.05) is 13.8 Å². The Morgan fingerprint density at radius 2 is 1.83 bits per heavy atom. The molecular formula is C23H36N2O4. The zero-order valence-electron chi connectivity index (χ0n) is 18.3. The minimum atomic E-state index is -0.919. The van der Waals surface area contributed by atoms with Gasteiger partial charge in [0.1, 0.15) is 5.56 Å². The summed E-state index contributed by atoms with van der Waals surface area (Å²) in [6.45, 7) is 8.89. The summed E-state index contributed by atoms with van der Waals surface area (Å²) in [4.78, 5) is 37.8. The van der Waals surface area contributed by atoms with Crippen LogP contribution < -0.4 is 10.9 Å². The second-order valence-corrected chi connectivity index (χ2v) is 8.74. The number of carbonyl (C=O) groups excluding carboxylic acids is 1. The monoisotopic (exact) mass is 404 g/mol. The van der Waals surface area contributed by atoms with Gasteiger partial charge in [0.25, 0.3) is 11.5 Å². The number of carbonyl (C=O) groups is 2. The quantitative estimate of drug-likeness (QED) is 0.653. The lowest BCUT2D eigenvalue weighted by atomic mass is 9.79. The molecule has 1 amide bonds. The molecule has 6 heteroatoms. The molecule has 0 unspecified atom stereocenters. The summed E-state index contributed by atoms with van der Waals surface area (Å²) in [6.07, 6.45) is 6.35. The number of hydrogen-bond acceptors (Lipinski definition) is 3. The molecule has 1 aromatic rings. The molecule has 2 rings (SSSR count). The van der Waals surface area contributed by atoms with Gasteiger partial charge in [0, 0.05) is 12.2 Å². The number of aromatic nitrogens is 1.